The van der Waals surface area contributed by atoms with Crippen LogP contribution < -0.4 is 5.32 Å². The molecular formula is C19H21F2N3O3S. The molecule has 0 radical (unpaired) electrons. The number of ether oxygens (including phenoxy) is 1. The molecular weight excluding hydrogens is 388 g/mol. The second-order valence-electron chi connectivity index (χ2n) is 6.69. The SMILES string of the molecule is Cc1nc(NC(=O)CN(CC2CCCO2)C(=O)c2cc(F)cc(F)c2)sc1C. The smallest absolute Gasteiger partial charge is 0.254 e. The molecule has 0 aliphatic carbocycles. The number of hydrogen-bond acceptors (Lipinski definition) is 5. The van der Waals surface area contributed by atoms with Crippen LogP contribution in [0.15, 0.2) is 18.2 Å². The predicted molar refractivity (Wildman–Crippen MR) is 101 cm³/mol. The average molecular weight is 409 g/mol. The number of aryl methyl sites for hydroxylation is 2. The van der Waals surface area contributed by atoms with E-state index in [9.17, 15) is 18.4 Å². The molecule has 1 saturated heterocycles. The Kier molecular flexibility index (Phi) is 6.35. The molecule has 28 heavy (non-hydrogen) atoms. The molecule has 0 bridgehead atoms. The van der Waals surface area contributed by atoms with Crippen molar-refractivity contribution in [1.29, 1.82) is 0 Å². The van der Waals surface area contributed by atoms with Crippen molar-refractivity contribution in [3.8, 4) is 0 Å². The third-order valence-electron chi connectivity index (χ3n) is 4.45. The minimum absolute atomic E-state index is 0.149. The highest BCUT2D eigenvalue weighted by atomic mass is 32.1. The van der Waals surface area contributed by atoms with Crippen molar-refractivity contribution in [3.05, 3.63) is 46.0 Å². The second kappa shape index (κ2) is 8.74. The van der Waals surface area contributed by atoms with Gasteiger partial charge in [-0.25, -0.2) is 13.8 Å². The fraction of sp³-hybridized carbons (Fsp3) is 0.421. The number of aromatic nitrogens is 1. The van der Waals surface area contributed by atoms with Crippen molar-refractivity contribution >= 4 is 28.3 Å². The number of nitrogens with one attached hydrogen (secondary N) is 1. The van der Waals surface area contributed by atoms with Crippen LogP contribution >= 0.6 is 11.3 Å². The molecule has 2 amide bonds. The van der Waals surface area contributed by atoms with Crippen molar-refractivity contribution in [1.82, 2.24) is 9.88 Å². The fourth-order valence-electron chi connectivity index (χ4n) is 2.97. The zero-order chi connectivity index (χ0) is 20.3. The molecule has 6 nitrogen and oxygen atoms in total. The largest absolute Gasteiger partial charge is 0.376 e. The number of anilines is 1. The third kappa shape index (κ3) is 5.11. The van der Waals surface area contributed by atoms with Gasteiger partial charge in [-0.2, -0.15) is 0 Å². The van der Waals surface area contributed by atoms with Gasteiger partial charge in [-0.05, 0) is 38.8 Å². The highest BCUT2D eigenvalue weighted by Crippen LogP contribution is 2.21. The Bertz CT molecular complexity index is 842. The first kappa shape index (κ1) is 20.3. The molecule has 0 saturated carbocycles. The van der Waals surface area contributed by atoms with Gasteiger partial charge < -0.3 is 15.0 Å². The van der Waals surface area contributed by atoms with Crippen LogP contribution in [0.3, 0.4) is 0 Å². The third-order valence-corrected chi connectivity index (χ3v) is 5.44. The molecule has 9 heteroatoms. The minimum Gasteiger partial charge on any atom is -0.376 e. The lowest BCUT2D eigenvalue weighted by Crippen LogP contribution is -2.42. The number of hydrogen-bond donors (Lipinski definition) is 1. The van der Waals surface area contributed by atoms with Crippen LogP contribution in [0.5, 0.6) is 0 Å². The molecule has 1 N–H and O–H groups in total. The quantitative estimate of drug-likeness (QED) is 0.795. The summed E-state index contributed by atoms with van der Waals surface area (Å²) in [4.78, 5) is 31.8. The molecule has 1 unspecified atom stereocenters. The van der Waals surface area contributed by atoms with E-state index in [0.29, 0.717) is 17.8 Å². The Morgan fingerprint density at radius 3 is 2.57 bits per heavy atom. The van der Waals surface area contributed by atoms with Gasteiger partial charge in [0.2, 0.25) is 5.91 Å². The van der Waals surface area contributed by atoms with Crippen molar-refractivity contribution < 1.29 is 23.1 Å². The molecule has 1 aliphatic heterocycles. The van der Waals surface area contributed by atoms with E-state index >= 15 is 0 Å². The lowest BCUT2D eigenvalue weighted by Gasteiger charge is -2.25. The number of carbonyl (C=O) groups excluding carboxylic acids is 2. The van der Waals surface area contributed by atoms with Gasteiger partial charge in [0.05, 0.1) is 11.8 Å². The highest BCUT2D eigenvalue weighted by molar-refractivity contribution is 7.15. The van der Waals surface area contributed by atoms with Crippen LogP contribution in [-0.2, 0) is 9.53 Å². The van der Waals surface area contributed by atoms with E-state index in [1.807, 2.05) is 13.8 Å². The molecule has 2 aromatic rings. The summed E-state index contributed by atoms with van der Waals surface area (Å²) in [7, 11) is 0. The summed E-state index contributed by atoms with van der Waals surface area (Å²) in [6.07, 6.45) is 1.42. The Balaban J connectivity index is 1.75. The zero-order valence-electron chi connectivity index (χ0n) is 15.6. The Labute approximate surface area is 165 Å². The van der Waals surface area contributed by atoms with Gasteiger partial charge in [-0.1, -0.05) is 0 Å². The van der Waals surface area contributed by atoms with Crippen LogP contribution in [0.25, 0.3) is 0 Å². The molecule has 150 valence electrons. The second-order valence-corrected chi connectivity index (χ2v) is 7.89. The standard InChI is InChI=1S/C19H21F2N3O3S/c1-11-12(2)28-19(22-11)23-17(25)10-24(9-16-4-3-5-27-16)18(26)13-6-14(20)8-15(21)7-13/h6-8,16H,3-5,9-10H2,1-2H3,(H,22,23,25). The van der Waals surface area contributed by atoms with Crippen LogP contribution in [0.2, 0.25) is 0 Å². The lowest BCUT2D eigenvalue weighted by atomic mass is 10.1. The maximum atomic E-state index is 13.5. The normalized spacial score (nSPS) is 16.2. The summed E-state index contributed by atoms with van der Waals surface area (Å²) in [6, 6.07) is 2.61. The first-order valence-electron chi connectivity index (χ1n) is 8.92. The first-order valence-corrected chi connectivity index (χ1v) is 9.74. The molecule has 1 aromatic carbocycles. The summed E-state index contributed by atoms with van der Waals surface area (Å²) in [5.74, 6) is -2.76. The Hall–Kier alpha value is -2.39. The summed E-state index contributed by atoms with van der Waals surface area (Å²) in [5, 5.41) is 3.12. The molecule has 3 rings (SSSR count). The van der Waals surface area contributed by atoms with Gasteiger partial charge in [0.1, 0.15) is 18.2 Å². The molecule has 1 aliphatic rings. The van der Waals surface area contributed by atoms with Gasteiger partial charge >= 0.3 is 0 Å². The van der Waals surface area contributed by atoms with Gasteiger partial charge in [-0.3, -0.25) is 9.59 Å². The number of halogens is 2. The maximum Gasteiger partial charge on any atom is 0.254 e. The lowest BCUT2D eigenvalue weighted by molar-refractivity contribution is -0.117. The van der Waals surface area contributed by atoms with Gasteiger partial charge in [-0.15, -0.1) is 11.3 Å². The molecule has 2 heterocycles. The van der Waals surface area contributed by atoms with E-state index in [0.717, 1.165) is 35.5 Å². The van der Waals surface area contributed by atoms with Crippen LogP contribution in [0.4, 0.5) is 13.9 Å². The number of carbonyl (C=O) groups is 2. The number of nitrogens with zero attached hydrogens (tertiary/aromatic N) is 2. The van der Waals surface area contributed by atoms with E-state index in [2.05, 4.69) is 10.3 Å². The number of rotatable bonds is 6. The Morgan fingerprint density at radius 2 is 2.00 bits per heavy atom. The van der Waals surface area contributed by atoms with Crippen molar-refractivity contribution in [2.75, 3.05) is 25.0 Å². The van der Waals surface area contributed by atoms with Crippen LogP contribution in [-0.4, -0.2) is 47.5 Å². The number of amides is 2. The topological polar surface area (TPSA) is 71.5 Å². The Morgan fingerprint density at radius 1 is 1.29 bits per heavy atom. The maximum absolute atomic E-state index is 13.5. The number of thiazole rings is 1. The molecule has 1 atom stereocenters. The summed E-state index contributed by atoms with van der Waals surface area (Å²) in [5.41, 5.74) is 0.673. The van der Waals surface area contributed by atoms with E-state index in [1.165, 1.54) is 16.2 Å². The average Bonchev–Trinajstić information content (AvgIpc) is 3.22. The van der Waals surface area contributed by atoms with Crippen LogP contribution in [0.1, 0.15) is 33.8 Å². The van der Waals surface area contributed by atoms with Gasteiger partial charge in [0.25, 0.3) is 5.91 Å². The van der Waals surface area contributed by atoms with E-state index in [4.69, 9.17) is 4.74 Å². The summed E-state index contributed by atoms with van der Waals surface area (Å²) >= 11 is 1.34. The van der Waals surface area contributed by atoms with Gasteiger partial charge in [0.15, 0.2) is 5.13 Å². The van der Waals surface area contributed by atoms with Crippen molar-refractivity contribution in [3.63, 3.8) is 0 Å². The molecule has 1 aromatic heterocycles. The minimum atomic E-state index is -0.849. The van der Waals surface area contributed by atoms with Crippen molar-refractivity contribution in [2.24, 2.45) is 0 Å². The van der Waals surface area contributed by atoms with Crippen LogP contribution in [0, 0.1) is 25.5 Å². The highest BCUT2D eigenvalue weighted by Gasteiger charge is 2.26. The van der Waals surface area contributed by atoms with E-state index in [1.54, 1.807) is 0 Å². The number of benzene rings is 1. The molecule has 1 fully saturated rings. The predicted octanol–water partition coefficient (Wildman–Crippen LogP) is 3.30. The summed E-state index contributed by atoms with van der Waals surface area (Å²) < 4.78 is 32.6. The first-order chi connectivity index (χ1) is 13.3. The van der Waals surface area contributed by atoms with Crippen molar-refractivity contribution in [2.45, 2.75) is 32.8 Å². The monoisotopic (exact) mass is 409 g/mol. The van der Waals surface area contributed by atoms with E-state index < -0.39 is 23.4 Å². The summed E-state index contributed by atoms with van der Waals surface area (Å²) in [6.45, 7) is 4.22. The zero-order valence-corrected chi connectivity index (χ0v) is 16.4. The van der Waals surface area contributed by atoms with E-state index in [-0.39, 0.29) is 24.8 Å². The molecule has 0 spiro atoms. The fourth-order valence-corrected chi connectivity index (χ4v) is 3.80. The van der Waals surface area contributed by atoms with Gasteiger partial charge in [0, 0.05) is 29.7 Å².